The van der Waals surface area contributed by atoms with Crippen LogP contribution in [0.25, 0.3) is 5.52 Å². The molecule has 0 bridgehead atoms. The van der Waals surface area contributed by atoms with E-state index in [4.69, 9.17) is 5.11 Å². The van der Waals surface area contributed by atoms with Crippen LogP contribution in [0.4, 0.5) is 4.39 Å². The molecule has 0 saturated carbocycles. The van der Waals surface area contributed by atoms with Crippen molar-refractivity contribution in [2.24, 2.45) is 0 Å². The number of rotatable bonds is 2. The van der Waals surface area contributed by atoms with Crippen LogP contribution < -0.4 is 0 Å². The van der Waals surface area contributed by atoms with Crippen molar-refractivity contribution in [2.75, 3.05) is 6.61 Å². The van der Waals surface area contributed by atoms with Crippen LogP contribution in [-0.2, 0) is 6.42 Å². The lowest BCUT2D eigenvalue weighted by molar-refractivity contribution is 0.296. The van der Waals surface area contributed by atoms with Gasteiger partial charge in [0.25, 0.3) is 0 Å². The lowest BCUT2D eigenvalue weighted by atomic mass is 10.4. The molecule has 0 atom stereocenters. The Labute approximate surface area is 74.5 Å². The monoisotopic (exact) mass is 180 g/mol. The van der Waals surface area contributed by atoms with E-state index in [-0.39, 0.29) is 12.4 Å². The topological polar surface area (TPSA) is 37.5 Å². The maximum atomic E-state index is 12.7. The molecule has 0 fully saturated rings. The molecule has 0 amide bonds. The van der Waals surface area contributed by atoms with Gasteiger partial charge >= 0.3 is 0 Å². The number of hydrogen-bond donors (Lipinski definition) is 1. The van der Waals surface area contributed by atoms with E-state index in [1.54, 1.807) is 16.8 Å². The fraction of sp³-hybridized carbons (Fsp3) is 0.222. The van der Waals surface area contributed by atoms with Crippen molar-refractivity contribution in [3.63, 3.8) is 0 Å². The van der Waals surface area contributed by atoms with E-state index < -0.39 is 0 Å². The number of aromatic nitrogens is 2. The second-order valence-electron chi connectivity index (χ2n) is 2.79. The minimum atomic E-state index is -0.275. The molecule has 2 rings (SSSR count). The van der Waals surface area contributed by atoms with Crippen LogP contribution in [0.15, 0.2) is 24.5 Å². The highest BCUT2D eigenvalue weighted by Gasteiger charge is 2.02. The number of halogens is 1. The van der Waals surface area contributed by atoms with Crippen molar-refractivity contribution in [3.8, 4) is 0 Å². The van der Waals surface area contributed by atoms with E-state index in [9.17, 15) is 4.39 Å². The van der Waals surface area contributed by atoms with Gasteiger partial charge in [0.2, 0.25) is 0 Å². The zero-order valence-corrected chi connectivity index (χ0v) is 6.94. The zero-order valence-electron chi connectivity index (χ0n) is 6.94. The molecule has 0 aromatic carbocycles. The Morgan fingerprint density at radius 1 is 1.54 bits per heavy atom. The molecule has 0 spiro atoms. The summed E-state index contributed by atoms with van der Waals surface area (Å²) in [5.41, 5.74) is 0.712. The van der Waals surface area contributed by atoms with Gasteiger partial charge in [-0.3, -0.25) is 0 Å². The van der Waals surface area contributed by atoms with Gasteiger partial charge in [-0.2, -0.15) is 0 Å². The van der Waals surface area contributed by atoms with Gasteiger partial charge in [0.05, 0.1) is 18.3 Å². The van der Waals surface area contributed by atoms with Gasteiger partial charge in [-0.15, -0.1) is 0 Å². The first kappa shape index (κ1) is 8.19. The highest BCUT2D eigenvalue weighted by Crippen LogP contribution is 2.08. The Bertz CT molecular complexity index is 424. The SMILES string of the molecule is OCCc1ncc2cc(F)ccn12. The largest absolute Gasteiger partial charge is 0.396 e. The fourth-order valence-corrected chi connectivity index (χ4v) is 1.31. The molecule has 3 nitrogen and oxygen atoms in total. The quantitative estimate of drug-likeness (QED) is 0.748. The zero-order chi connectivity index (χ0) is 9.26. The van der Waals surface area contributed by atoms with Crippen molar-refractivity contribution >= 4 is 5.52 Å². The van der Waals surface area contributed by atoms with Gasteiger partial charge in [-0.05, 0) is 12.1 Å². The number of pyridine rings is 1. The van der Waals surface area contributed by atoms with E-state index in [1.807, 2.05) is 0 Å². The van der Waals surface area contributed by atoms with Crippen LogP contribution in [0, 0.1) is 5.82 Å². The molecule has 0 aliphatic heterocycles. The standard InChI is InChI=1S/C9H9FN2O/c10-7-1-3-12-8(5-7)6-11-9(12)2-4-13/h1,3,5-6,13H,2,4H2. The van der Waals surface area contributed by atoms with Gasteiger partial charge in [-0.1, -0.05) is 0 Å². The first-order chi connectivity index (χ1) is 6.31. The third-order valence-electron chi connectivity index (χ3n) is 1.91. The summed E-state index contributed by atoms with van der Waals surface area (Å²) in [5.74, 6) is 0.473. The Kier molecular flexibility index (Phi) is 1.98. The van der Waals surface area contributed by atoms with E-state index in [1.165, 1.54) is 12.1 Å². The lowest BCUT2D eigenvalue weighted by Gasteiger charge is -1.98. The van der Waals surface area contributed by atoms with Gasteiger partial charge in [0, 0.05) is 12.6 Å². The van der Waals surface area contributed by atoms with Crippen LogP contribution >= 0.6 is 0 Å². The van der Waals surface area contributed by atoms with Gasteiger partial charge in [0.1, 0.15) is 11.6 Å². The summed E-state index contributed by atoms with van der Waals surface area (Å²) in [4.78, 5) is 4.06. The number of fused-ring (bicyclic) bond motifs is 1. The van der Waals surface area contributed by atoms with Crippen LogP contribution in [-0.4, -0.2) is 21.1 Å². The molecule has 2 aromatic rings. The molecule has 0 aliphatic carbocycles. The third kappa shape index (κ3) is 1.40. The van der Waals surface area contributed by atoms with Crippen molar-refractivity contribution < 1.29 is 9.50 Å². The van der Waals surface area contributed by atoms with Gasteiger partial charge in [0.15, 0.2) is 0 Å². The molecule has 2 aromatic heterocycles. The second kappa shape index (κ2) is 3.14. The smallest absolute Gasteiger partial charge is 0.126 e. The molecule has 4 heteroatoms. The number of imidazole rings is 1. The third-order valence-corrected chi connectivity index (χ3v) is 1.91. The average Bonchev–Trinajstić information content (AvgIpc) is 2.49. The number of aliphatic hydroxyl groups excluding tert-OH is 1. The maximum absolute atomic E-state index is 12.7. The van der Waals surface area contributed by atoms with Crippen LogP contribution in [0.1, 0.15) is 5.82 Å². The molecule has 2 heterocycles. The summed E-state index contributed by atoms with van der Waals surface area (Å²) >= 11 is 0. The number of hydrogen-bond acceptors (Lipinski definition) is 2. The molecular formula is C9H9FN2O. The Morgan fingerprint density at radius 3 is 3.15 bits per heavy atom. The lowest BCUT2D eigenvalue weighted by Crippen LogP contribution is -1.97. The molecule has 1 N–H and O–H groups in total. The van der Waals surface area contributed by atoms with E-state index in [2.05, 4.69) is 4.98 Å². The molecule has 13 heavy (non-hydrogen) atoms. The first-order valence-corrected chi connectivity index (χ1v) is 4.03. The molecule has 0 radical (unpaired) electrons. The maximum Gasteiger partial charge on any atom is 0.126 e. The average molecular weight is 180 g/mol. The minimum Gasteiger partial charge on any atom is -0.396 e. The van der Waals surface area contributed by atoms with Crippen molar-refractivity contribution in [2.45, 2.75) is 6.42 Å². The van der Waals surface area contributed by atoms with Crippen molar-refractivity contribution in [1.82, 2.24) is 9.38 Å². The van der Waals surface area contributed by atoms with Gasteiger partial charge < -0.3 is 9.51 Å². The van der Waals surface area contributed by atoms with Crippen molar-refractivity contribution in [3.05, 3.63) is 36.2 Å². The summed E-state index contributed by atoms with van der Waals surface area (Å²) in [7, 11) is 0. The second-order valence-corrected chi connectivity index (χ2v) is 2.79. The number of nitrogens with zero attached hydrogens (tertiary/aromatic N) is 2. The Balaban J connectivity index is 2.55. The molecule has 0 aliphatic rings. The summed E-state index contributed by atoms with van der Waals surface area (Å²) in [5, 5.41) is 8.72. The summed E-state index contributed by atoms with van der Waals surface area (Å²) in [6, 6.07) is 2.78. The van der Waals surface area contributed by atoms with E-state index >= 15 is 0 Å². The molecule has 68 valence electrons. The van der Waals surface area contributed by atoms with Crippen LogP contribution in [0.3, 0.4) is 0 Å². The van der Waals surface area contributed by atoms with E-state index in [0.29, 0.717) is 11.9 Å². The normalized spacial score (nSPS) is 10.9. The highest BCUT2D eigenvalue weighted by molar-refractivity contribution is 5.45. The molecule has 0 saturated heterocycles. The van der Waals surface area contributed by atoms with Crippen molar-refractivity contribution in [1.29, 1.82) is 0 Å². The van der Waals surface area contributed by atoms with Crippen LogP contribution in [0.5, 0.6) is 0 Å². The number of aliphatic hydroxyl groups is 1. The first-order valence-electron chi connectivity index (χ1n) is 4.03. The summed E-state index contributed by atoms with van der Waals surface area (Å²) < 4.78 is 14.5. The molecule has 0 unspecified atom stereocenters. The summed E-state index contributed by atoms with van der Waals surface area (Å²) in [6.07, 6.45) is 3.69. The minimum absolute atomic E-state index is 0.0521. The Morgan fingerprint density at radius 2 is 2.38 bits per heavy atom. The molecular weight excluding hydrogens is 171 g/mol. The van der Waals surface area contributed by atoms with Gasteiger partial charge in [-0.25, -0.2) is 9.37 Å². The van der Waals surface area contributed by atoms with Crippen LogP contribution in [0.2, 0.25) is 0 Å². The predicted octanol–water partition coefficient (Wildman–Crippen LogP) is 1.01. The highest BCUT2D eigenvalue weighted by atomic mass is 19.1. The Hall–Kier alpha value is -1.42. The fourth-order valence-electron chi connectivity index (χ4n) is 1.31. The predicted molar refractivity (Wildman–Crippen MR) is 45.9 cm³/mol. The van der Waals surface area contributed by atoms with E-state index in [0.717, 1.165) is 5.82 Å². The summed E-state index contributed by atoms with van der Waals surface area (Å²) in [6.45, 7) is 0.0521.